The zero-order valence-corrected chi connectivity index (χ0v) is 10.2. The Morgan fingerprint density at radius 3 is 2.50 bits per heavy atom. The number of amides is 2. The number of nitrogens with one attached hydrogen (secondary N) is 2. The Balaban J connectivity index is 2.36. The molecule has 3 N–H and O–H groups in total. The number of anilines is 1. The summed E-state index contributed by atoms with van der Waals surface area (Å²) < 4.78 is 0. The number of carbonyl (C=O) groups is 2. The molecule has 0 spiro atoms. The van der Waals surface area contributed by atoms with Gasteiger partial charge in [-0.1, -0.05) is 19.1 Å². The van der Waals surface area contributed by atoms with E-state index < -0.39 is 5.41 Å². The van der Waals surface area contributed by atoms with Crippen LogP contribution in [0.25, 0.3) is 0 Å². The highest BCUT2D eigenvalue weighted by atomic mass is 16.5. The van der Waals surface area contributed by atoms with Crippen molar-refractivity contribution in [3.8, 4) is 0 Å². The van der Waals surface area contributed by atoms with E-state index in [4.69, 9.17) is 5.21 Å². The summed E-state index contributed by atoms with van der Waals surface area (Å²) in [6.07, 6.45) is 1.53. The molecule has 1 heterocycles. The third-order valence-electron chi connectivity index (χ3n) is 3.64. The highest BCUT2D eigenvalue weighted by Gasteiger charge is 2.42. The van der Waals surface area contributed by atoms with Gasteiger partial charge in [0.1, 0.15) is 0 Å². The molecule has 1 fully saturated rings. The number of piperidine rings is 1. The van der Waals surface area contributed by atoms with Gasteiger partial charge in [0.15, 0.2) is 0 Å². The first kappa shape index (κ1) is 12.6. The number of rotatable bonds is 3. The minimum Gasteiger partial charge on any atom is -0.296 e. The Morgan fingerprint density at radius 1 is 1.33 bits per heavy atom. The highest BCUT2D eigenvalue weighted by Crippen LogP contribution is 2.36. The van der Waals surface area contributed by atoms with Crippen molar-refractivity contribution in [1.82, 2.24) is 5.32 Å². The van der Waals surface area contributed by atoms with E-state index >= 15 is 0 Å². The first-order valence-electron chi connectivity index (χ1n) is 5.97. The standard InChI is InChI=1S/C13H16N2O3/c1-2-13(8-7-11(16)14-12(13)17)9-3-5-10(15-18)6-4-9/h3-6,15,18H,2,7-8H2,1H3,(H,14,16,17). The van der Waals surface area contributed by atoms with Gasteiger partial charge in [0.2, 0.25) is 11.8 Å². The summed E-state index contributed by atoms with van der Waals surface area (Å²) in [5.74, 6) is -0.441. The molecule has 1 aliphatic heterocycles. The number of carbonyl (C=O) groups excluding carboxylic acids is 2. The summed E-state index contributed by atoms with van der Waals surface area (Å²) in [7, 11) is 0. The van der Waals surface area contributed by atoms with E-state index in [-0.39, 0.29) is 11.8 Å². The molecule has 5 heteroatoms. The first-order valence-corrected chi connectivity index (χ1v) is 5.97. The SMILES string of the molecule is CCC1(c2ccc(NO)cc2)CCC(=O)NC1=O. The maximum atomic E-state index is 12.1. The lowest BCUT2D eigenvalue weighted by Crippen LogP contribution is -2.51. The molecule has 1 unspecified atom stereocenters. The molecular weight excluding hydrogens is 232 g/mol. The van der Waals surface area contributed by atoms with Crippen LogP contribution < -0.4 is 10.8 Å². The molecule has 1 aromatic rings. The Kier molecular flexibility index (Phi) is 3.34. The summed E-state index contributed by atoms with van der Waals surface area (Å²) >= 11 is 0. The fourth-order valence-electron chi connectivity index (χ4n) is 2.43. The Bertz CT molecular complexity index is 470. The van der Waals surface area contributed by atoms with Gasteiger partial charge in [-0.15, -0.1) is 0 Å². The topological polar surface area (TPSA) is 78.4 Å². The van der Waals surface area contributed by atoms with Crippen molar-refractivity contribution in [3.63, 3.8) is 0 Å². The molecule has 2 amide bonds. The summed E-state index contributed by atoms with van der Waals surface area (Å²) in [6, 6.07) is 7.02. The number of hydrogen-bond acceptors (Lipinski definition) is 4. The fourth-order valence-corrected chi connectivity index (χ4v) is 2.43. The van der Waals surface area contributed by atoms with Crippen molar-refractivity contribution in [2.45, 2.75) is 31.6 Å². The van der Waals surface area contributed by atoms with Gasteiger partial charge in [0.25, 0.3) is 0 Å². The number of hydrogen-bond donors (Lipinski definition) is 3. The van der Waals surface area contributed by atoms with E-state index in [1.165, 1.54) is 0 Å². The molecule has 0 aliphatic carbocycles. The van der Waals surface area contributed by atoms with Crippen LogP contribution in [0.15, 0.2) is 24.3 Å². The second kappa shape index (κ2) is 4.78. The molecular formula is C13H16N2O3. The molecule has 0 bridgehead atoms. The van der Waals surface area contributed by atoms with E-state index in [2.05, 4.69) is 10.8 Å². The van der Waals surface area contributed by atoms with Gasteiger partial charge >= 0.3 is 0 Å². The average molecular weight is 248 g/mol. The van der Waals surface area contributed by atoms with Gasteiger partial charge < -0.3 is 0 Å². The maximum Gasteiger partial charge on any atom is 0.237 e. The van der Waals surface area contributed by atoms with Gasteiger partial charge in [0, 0.05) is 6.42 Å². The maximum absolute atomic E-state index is 12.1. The van der Waals surface area contributed by atoms with Crippen molar-refractivity contribution in [3.05, 3.63) is 29.8 Å². The molecule has 18 heavy (non-hydrogen) atoms. The van der Waals surface area contributed by atoms with Crippen molar-refractivity contribution in [2.75, 3.05) is 5.48 Å². The zero-order chi connectivity index (χ0) is 13.2. The fraction of sp³-hybridized carbons (Fsp3) is 0.385. The molecule has 96 valence electrons. The normalized spacial score (nSPS) is 23.7. The van der Waals surface area contributed by atoms with Crippen LogP contribution in [0.3, 0.4) is 0 Å². The van der Waals surface area contributed by atoms with Crippen LogP contribution >= 0.6 is 0 Å². The van der Waals surface area contributed by atoms with Gasteiger partial charge in [-0.2, -0.15) is 0 Å². The van der Waals surface area contributed by atoms with E-state index in [1.54, 1.807) is 24.3 Å². The largest absolute Gasteiger partial charge is 0.296 e. The molecule has 2 rings (SSSR count). The predicted octanol–water partition coefficient (Wildman–Crippen LogP) is 1.57. The molecule has 0 aromatic heterocycles. The van der Waals surface area contributed by atoms with Crippen molar-refractivity contribution in [1.29, 1.82) is 0 Å². The van der Waals surface area contributed by atoms with Crippen molar-refractivity contribution in [2.24, 2.45) is 0 Å². The van der Waals surface area contributed by atoms with Crippen molar-refractivity contribution < 1.29 is 14.8 Å². The molecule has 0 radical (unpaired) electrons. The van der Waals surface area contributed by atoms with Crippen LogP contribution in [0.5, 0.6) is 0 Å². The predicted molar refractivity (Wildman–Crippen MR) is 66.2 cm³/mol. The Hall–Kier alpha value is -1.88. The minimum atomic E-state index is -0.637. The van der Waals surface area contributed by atoms with Crippen LogP contribution in [-0.4, -0.2) is 17.0 Å². The van der Waals surface area contributed by atoms with Crippen LogP contribution in [0.2, 0.25) is 0 Å². The Labute approximate surface area is 105 Å². The lowest BCUT2D eigenvalue weighted by atomic mass is 9.72. The van der Waals surface area contributed by atoms with Crippen LogP contribution in [-0.2, 0) is 15.0 Å². The lowest BCUT2D eigenvalue weighted by Gasteiger charge is -2.35. The number of imide groups is 1. The second-order valence-electron chi connectivity index (χ2n) is 4.50. The summed E-state index contributed by atoms with van der Waals surface area (Å²) in [5.41, 5.74) is 2.85. The van der Waals surface area contributed by atoms with E-state index in [9.17, 15) is 9.59 Å². The van der Waals surface area contributed by atoms with Crippen LogP contribution in [0.1, 0.15) is 31.7 Å². The van der Waals surface area contributed by atoms with Gasteiger partial charge in [-0.3, -0.25) is 25.6 Å². The van der Waals surface area contributed by atoms with E-state index in [1.807, 2.05) is 6.92 Å². The number of benzene rings is 1. The first-order chi connectivity index (χ1) is 8.62. The molecule has 1 atom stereocenters. The summed E-state index contributed by atoms with van der Waals surface area (Å²) in [6.45, 7) is 1.94. The molecule has 1 aromatic carbocycles. The molecule has 5 nitrogen and oxygen atoms in total. The summed E-state index contributed by atoms with van der Waals surface area (Å²) in [4.78, 5) is 23.3. The monoisotopic (exact) mass is 248 g/mol. The minimum absolute atomic E-state index is 0.210. The second-order valence-corrected chi connectivity index (χ2v) is 4.50. The zero-order valence-electron chi connectivity index (χ0n) is 10.2. The van der Waals surface area contributed by atoms with Crippen LogP contribution in [0, 0.1) is 0 Å². The van der Waals surface area contributed by atoms with Crippen LogP contribution in [0.4, 0.5) is 5.69 Å². The third-order valence-corrected chi connectivity index (χ3v) is 3.64. The molecule has 1 saturated heterocycles. The Morgan fingerprint density at radius 2 is 2.00 bits per heavy atom. The molecule has 1 aliphatic rings. The van der Waals surface area contributed by atoms with Gasteiger partial charge in [-0.25, -0.2) is 0 Å². The highest BCUT2D eigenvalue weighted by molar-refractivity contribution is 6.03. The molecule has 0 saturated carbocycles. The van der Waals surface area contributed by atoms with Crippen molar-refractivity contribution >= 4 is 17.5 Å². The van der Waals surface area contributed by atoms with Gasteiger partial charge in [-0.05, 0) is 30.5 Å². The van der Waals surface area contributed by atoms with E-state index in [0.29, 0.717) is 24.9 Å². The smallest absolute Gasteiger partial charge is 0.237 e. The average Bonchev–Trinajstić information content (AvgIpc) is 2.40. The van der Waals surface area contributed by atoms with E-state index in [0.717, 1.165) is 5.56 Å². The summed E-state index contributed by atoms with van der Waals surface area (Å²) in [5, 5.41) is 11.2. The third kappa shape index (κ3) is 1.97. The lowest BCUT2D eigenvalue weighted by molar-refractivity contribution is -0.138. The van der Waals surface area contributed by atoms with Gasteiger partial charge in [0.05, 0.1) is 11.1 Å². The quantitative estimate of drug-likeness (QED) is 0.560.